The Labute approximate surface area is 204 Å². The molecule has 7 nitrogen and oxygen atoms in total. The lowest BCUT2D eigenvalue weighted by Crippen LogP contribution is -2.25. The van der Waals surface area contributed by atoms with E-state index in [1.807, 2.05) is 0 Å². The van der Waals surface area contributed by atoms with Crippen molar-refractivity contribution in [3.05, 3.63) is 94.8 Å². The number of nitrogens with one attached hydrogen (secondary N) is 2. The maximum absolute atomic E-state index is 13.0. The Morgan fingerprint density at radius 1 is 0.784 bits per heavy atom. The van der Waals surface area contributed by atoms with Crippen molar-refractivity contribution < 1.29 is 45.8 Å². The fraction of sp³-hybridized carbons (Fsp3) is 0.0833. The number of amides is 2. The van der Waals surface area contributed by atoms with Gasteiger partial charge in [0, 0.05) is 17.6 Å². The summed E-state index contributed by atoms with van der Waals surface area (Å²) in [5.41, 5.74) is -3.64. The molecule has 13 heteroatoms. The predicted octanol–water partition coefficient (Wildman–Crippen LogP) is 5.48. The van der Waals surface area contributed by atoms with E-state index in [4.69, 9.17) is 5.11 Å². The smallest absolute Gasteiger partial charge is 0.433 e. The Morgan fingerprint density at radius 2 is 1.38 bits per heavy atom. The Morgan fingerprint density at radius 3 is 1.89 bits per heavy atom. The van der Waals surface area contributed by atoms with Gasteiger partial charge in [-0.1, -0.05) is 18.2 Å². The van der Waals surface area contributed by atoms with E-state index in [-0.39, 0.29) is 22.5 Å². The van der Waals surface area contributed by atoms with Crippen molar-refractivity contribution in [2.24, 2.45) is 0 Å². The van der Waals surface area contributed by atoms with Crippen molar-refractivity contribution in [3.8, 4) is 0 Å². The van der Waals surface area contributed by atoms with Crippen LogP contribution in [0.5, 0.6) is 0 Å². The zero-order valence-electron chi connectivity index (χ0n) is 18.3. The number of aromatic nitrogens is 1. The van der Waals surface area contributed by atoms with Gasteiger partial charge in [0.2, 0.25) is 0 Å². The third-order valence-corrected chi connectivity index (χ3v) is 4.69. The molecule has 3 N–H and O–H groups in total. The maximum atomic E-state index is 13.0. The first-order valence-corrected chi connectivity index (χ1v) is 10.1. The topological polar surface area (TPSA) is 108 Å². The summed E-state index contributed by atoms with van der Waals surface area (Å²) in [6.07, 6.45) is -7.82. The summed E-state index contributed by atoms with van der Waals surface area (Å²) in [7, 11) is 0. The highest BCUT2D eigenvalue weighted by Crippen LogP contribution is 2.31. The van der Waals surface area contributed by atoms with Crippen molar-refractivity contribution in [1.82, 2.24) is 4.98 Å². The normalized spacial score (nSPS) is 12.1. The summed E-state index contributed by atoms with van der Waals surface area (Å²) in [5, 5.41) is 13.5. The quantitative estimate of drug-likeness (QED) is 0.172. The summed E-state index contributed by atoms with van der Waals surface area (Å²) >= 11 is 0. The van der Waals surface area contributed by atoms with E-state index >= 15 is 0 Å². The standard InChI is InChI=1S/C24H15F6N3O4/c25-23(26,27)15-4-2-6-17(11-15)33-21(35)18(9-13-7-8-19(31-12-13)24(28,29)30)20(34)32-16-5-1-3-14(10-16)22(36)37/h1-12H,(H,32,34)(H,33,35)(H,36,37)/b18-9-. The summed E-state index contributed by atoms with van der Waals surface area (Å²) < 4.78 is 77.4. The van der Waals surface area contributed by atoms with E-state index in [1.54, 1.807) is 0 Å². The molecule has 0 aliphatic heterocycles. The van der Waals surface area contributed by atoms with Gasteiger partial charge in [0.25, 0.3) is 11.8 Å². The molecule has 0 radical (unpaired) electrons. The van der Waals surface area contributed by atoms with E-state index in [9.17, 15) is 40.7 Å². The summed E-state index contributed by atoms with van der Waals surface area (Å²) in [6.45, 7) is 0. The molecule has 0 unspecified atom stereocenters. The van der Waals surface area contributed by atoms with Crippen molar-refractivity contribution in [2.75, 3.05) is 10.6 Å². The first-order chi connectivity index (χ1) is 17.2. The monoisotopic (exact) mass is 523 g/mol. The predicted molar refractivity (Wildman–Crippen MR) is 119 cm³/mol. The third-order valence-electron chi connectivity index (χ3n) is 4.69. The van der Waals surface area contributed by atoms with Crippen molar-refractivity contribution in [2.45, 2.75) is 12.4 Å². The number of hydrogen-bond donors (Lipinski definition) is 3. The molecule has 37 heavy (non-hydrogen) atoms. The highest BCUT2D eigenvalue weighted by atomic mass is 19.4. The van der Waals surface area contributed by atoms with Crippen LogP contribution in [0.3, 0.4) is 0 Å². The van der Waals surface area contributed by atoms with Crippen LogP contribution < -0.4 is 10.6 Å². The molecule has 0 saturated heterocycles. The second-order valence-electron chi connectivity index (χ2n) is 7.41. The van der Waals surface area contributed by atoms with E-state index in [0.717, 1.165) is 42.6 Å². The van der Waals surface area contributed by atoms with E-state index in [2.05, 4.69) is 15.6 Å². The lowest BCUT2D eigenvalue weighted by atomic mass is 10.1. The molecule has 0 aliphatic rings. The molecule has 3 aromatic rings. The molecular weight excluding hydrogens is 508 g/mol. The largest absolute Gasteiger partial charge is 0.478 e. The van der Waals surface area contributed by atoms with Gasteiger partial charge in [-0.05, 0) is 54.1 Å². The Bertz CT molecular complexity index is 1370. The molecular formula is C24H15F6N3O4. The number of carbonyl (C=O) groups is 3. The number of rotatable bonds is 6. The number of carboxylic acids is 1. The number of halogens is 6. The first kappa shape index (κ1) is 26.9. The number of anilines is 2. The van der Waals surface area contributed by atoms with Gasteiger partial charge in [0.15, 0.2) is 0 Å². The summed E-state index contributed by atoms with van der Waals surface area (Å²) in [5.74, 6) is -3.61. The number of carbonyl (C=O) groups excluding carboxylic acids is 2. The second-order valence-corrected chi connectivity index (χ2v) is 7.41. The molecule has 0 aliphatic carbocycles. The van der Waals surface area contributed by atoms with E-state index < -0.39 is 47.0 Å². The van der Waals surface area contributed by atoms with Crippen LogP contribution in [0.15, 0.2) is 72.4 Å². The average molecular weight is 523 g/mol. The molecule has 0 saturated carbocycles. The van der Waals surface area contributed by atoms with Gasteiger partial charge in [-0.3, -0.25) is 14.6 Å². The van der Waals surface area contributed by atoms with Crippen molar-refractivity contribution in [1.29, 1.82) is 0 Å². The van der Waals surface area contributed by atoms with Gasteiger partial charge < -0.3 is 15.7 Å². The second kappa shape index (κ2) is 10.5. The molecule has 2 aromatic carbocycles. The van der Waals surface area contributed by atoms with Crippen LogP contribution in [0.4, 0.5) is 37.7 Å². The van der Waals surface area contributed by atoms with Gasteiger partial charge in [0.05, 0.1) is 11.1 Å². The number of aromatic carboxylic acids is 1. The highest BCUT2D eigenvalue weighted by molar-refractivity contribution is 6.28. The lowest BCUT2D eigenvalue weighted by Gasteiger charge is -2.13. The molecule has 192 valence electrons. The van der Waals surface area contributed by atoms with Crippen LogP contribution in [-0.4, -0.2) is 27.9 Å². The van der Waals surface area contributed by atoms with Crippen LogP contribution in [0.1, 0.15) is 27.2 Å². The number of pyridine rings is 1. The number of hydrogen-bond acceptors (Lipinski definition) is 4. The molecule has 0 spiro atoms. The fourth-order valence-corrected chi connectivity index (χ4v) is 2.96. The van der Waals surface area contributed by atoms with Crippen LogP contribution in [0.2, 0.25) is 0 Å². The number of nitrogens with zero attached hydrogens (tertiary/aromatic N) is 1. The SMILES string of the molecule is O=C(Nc1cccc(C(=O)O)c1)/C(=C/c1ccc(C(F)(F)F)nc1)C(=O)Nc1cccc(C(F)(F)F)c1. The lowest BCUT2D eigenvalue weighted by molar-refractivity contribution is -0.141. The van der Waals surface area contributed by atoms with Gasteiger partial charge >= 0.3 is 18.3 Å². The maximum Gasteiger partial charge on any atom is 0.433 e. The van der Waals surface area contributed by atoms with E-state index in [0.29, 0.717) is 12.1 Å². The molecule has 0 fully saturated rings. The minimum absolute atomic E-state index is 0.0341. The van der Waals surface area contributed by atoms with Crippen molar-refractivity contribution >= 4 is 35.2 Å². The van der Waals surface area contributed by atoms with Crippen LogP contribution >= 0.6 is 0 Å². The zero-order valence-corrected chi connectivity index (χ0v) is 18.3. The van der Waals surface area contributed by atoms with Crippen LogP contribution in [0.25, 0.3) is 6.08 Å². The van der Waals surface area contributed by atoms with Gasteiger partial charge in [-0.25, -0.2) is 4.79 Å². The minimum atomic E-state index is -4.74. The molecule has 1 heterocycles. The molecule has 0 bridgehead atoms. The third kappa shape index (κ3) is 7.16. The van der Waals surface area contributed by atoms with Gasteiger partial charge in [0.1, 0.15) is 11.3 Å². The number of carboxylic acid groups (broad SMARTS) is 1. The fourth-order valence-electron chi connectivity index (χ4n) is 2.96. The van der Waals surface area contributed by atoms with Crippen LogP contribution in [0, 0.1) is 0 Å². The molecule has 2 amide bonds. The van der Waals surface area contributed by atoms with Crippen LogP contribution in [-0.2, 0) is 21.9 Å². The summed E-state index contributed by atoms with van der Waals surface area (Å²) in [4.78, 5) is 40.2. The highest BCUT2D eigenvalue weighted by Gasteiger charge is 2.32. The molecule has 0 atom stereocenters. The zero-order chi connectivity index (χ0) is 27.4. The van der Waals surface area contributed by atoms with Gasteiger partial charge in [-0.15, -0.1) is 0 Å². The first-order valence-electron chi connectivity index (χ1n) is 10.1. The summed E-state index contributed by atoms with van der Waals surface area (Å²) in [6, 6.07) is 10.1. The Balaban J connectivity index is 1.96. The minimum Gasteiger partial charge on any atom is -0.478 e. The molecule has 1 aromatic heterocycles. The number of benzene rings is 2. The number of alkyl halides is 6. The van der Waals surface area contributed by atoms with Crippen molar-refractivity contribution in [3.63, 3.8) is 0 Å². The Kier molecular flexibility index (Phi) is 7.65. The van der Waals surface area contributed by atoms with Gasteiger partial charge in [-0.2, -0.15) is 26.3 Å². The average Bonchev–Trinajstić information content (AvgIpc) is 2.82. The Hall–Kier alpha value is -4.68. The van der Waals surface area contributed by atoms with E-state index in [1.165, 1.54) is 18.2 Å². The molecule has 3 rings (SSSR count).